The second-order valence-corrected chi connectivity index (χ2v) is 8.68. The number of nitrogens with one attached hydrogen (secondary N) is 1. The van der Waals surface area contributed by atoms with Crippen LogP contribution in [0, 0.1) is 6.92 Å². The zero-order valence-corrected chi connectivity index (χ0v) is 17.0. The molecule has 1 aliphatic rings. The lowest BCUT2D eigenvalue weighted by atomic mass is 9.96. The van der Waals surface area contributed by atoms with Crippen molar-refractivity contribution in [2.24, 2.45) is 0 Å². The average Bonchev–Trinajstić information content (AvgIpc) is 3.21. The molecule has 5 nitrogen and oxygen atoms in total. The van der Waals surface area contributed by atoms with E-state index in [1.807, 2.05) is 19.1 Å². The van der Waals surface area contributed by atoms with Crippen LogP contribution in [-0.2, 0) is 13.0 Å². The fraction of sp³-hybridized carbons (Fsp3) is 0.238. The number of hydrogen-bond acceptors (Lipinski definition) is 4. The number of halogens is 1. The van der Waals surface area contributed by atoms with E-state index in [2.05, 4.69) is 46.5 Å². The standard InChI is InChI=1S/C21H19ClN4OS/c1-13-23-21-26(24-13)20(27)19(28-21)18(15-6-8-17(22)9-7-15)25-11-10-14-4-2-3-5-16(14)12-25/h2-9,18,27H,10-12H2,1H3/p+1/t18-/m1/s1. The molecule has 1 unspecified atom stereocenters. The lowest BCUT2D eigenvalue weighted by molar-refractivity contribution is -0.940. The summed E-state index contributed by atoms with van der Waals surface area (Å²) in [5.74, 6) is 0.849. The van der Waals surface area contributed by atoms with E-state index in [-0.39, 0.29) is 11.9 Å². The number of quaternary nitrogens is 1. The van der Waals surface area contributed by atoms with Gasteiger partial charge in [-0.25, -0.2) is 4.98 Å². The summed E-state index contributed by atoms with van der Waals surface area (Å²) >= 11 is 7.65. The zero-order valence-electron chi connectivity index (χ0n) is 15.4. The first kappa shape index (κ1) is 17.7. The Labute approximate surface area is 171 Å². The molecule has 5 rings (SSSR count). The Bertz CT molecular complexity index is 1150. The first-order valence-corrected chi connectivity index (χ1v) is 10.5. The van der Waals surface area contributed by atoms with E-state index in [0.717, 1.165) is 34.9 Å². The average molecular weight is 412 g/mol. The van der Waals surface area contributed by atoms with Gasteiger partial charge in [0.25, 0.3) is 0 Å². The minimum absolute atomic E-state index is 0.000529. The molecule has 0 radical (unpaired) electrons. The summed E-state index contributed by atoms with van der Waals surface area (Å²) in [6.07, 6.45) is 1.02. The van der Waals surface area contributed by atoms with Crippen molar-refractivity contribution in [2.45, 2.75) is 25.9 Å². The van der Waals surface area contributed by atoms with Crippen LogP contribution in [0.5, 0.6) is 5.88 Å². The maximum absolute atomic E-state index is 10.9. The van der Waals surface area contributed by atoms with Crippen molar-refractivity contribution in [3.05, 3.63) is 80.9 Å². The third-order valence-corrected chi connectivity index (χ3v) is 6.77. The molecule has 0 saturated carbocycles. The summed E-state index contributed by atoms with van der Waals surface area (Å²) in [5.41, 5.74) is 3.93. The number of nitrogens with zero attached hydrogens (tertiary/aromatic N) is 3. The van der Waals surface area contributed by atoms with Gasteiger partial charge >= 0.3 is 0 Å². The Kier molecular flexibility index (Phi) is 4.34. The smallest absolute Gasteiger partial charge is 0.235 e. The minimum Gasteiger partial charge on any atom is -0.492 e. The van der Waals surface area contributed by atoms with Crippen molar-refractivity contribution in [1.82, 2.24) is 14.6 Å². The monoisotopic (exact) mass is 411 g/mol. The predicted octanol–water partition coefficient (Wildman–Crippen LogP) is 3.19. The van der Waals surface area contributed by atoms with Gasteiger partial charge < -0.3 is 10.0 Å². The van der Waals surface area contributed by atoms with Crippen molar-refractivity contribution < 1.29 is 10.0 Å². The maximum Gasteiger partial charge on any atom is 0.235 e. The molecule has 28 heavy (non-hydrogen) atoms. The Morgan fingerprint density at radius 2 is 1.89 bits per heavy atom. The van der Waals surface area contributed by atoms with Gasteiger partial charge in [-0.1, -0.05) is 59.3 Å². The van der Waals surface area contributed by atoms with E-state index in [4.69, 9.17) is 11.6 Å². The molecule has 0 aliphatic carbocycles. The number of aromatic nitrogens is 3. The summed E-state index contributed by atoms with van der Waals surface area (Å²) < 4.78 is 1.55. The van der Waals surface area contributed by atoms with Crippen molar-refractivity contribution in [2.75, 3.05) is 6.54 Å². The van der Waals surface area contributed by atoms with E-state index in [1.165, 1.54) is 27.4 Å². The van der Waals surface area contributed by atoms with Gasteiger partial charge in [0.2, 0.25) is 10.8 Å². The highest BCUT2D eigenvalue weighted by molar-refractivity contribution is 7.17. The highest BCUT2D eigenvalue weighted by Crippen LogP contribution is 2.35. The summed E-state index contributed by atoms with van der Waals surface area (Å²) in [6.45, 7) is 3.74. The molecular formula is C21H20ClN4OS+. The Hall–Kier alpha value is -2.41. The minimum atomic E-state index is -0.000529. The molecule has 2 N–H and O–H groups in total. The lowest BCUT2D eigenvalue weighted by Crippen LogP contribution is -3.12. The third kappa shape index (κ3) is 2.98. The van der Waals surface area contributed by atoms with Gasteiger partial charge in [0, 0.05) is 22.6 Å². The summed E-state index contributed by atoms with van der Waals surface area (Å²) in [7, 11) is 0. The van der Waals surface area contributed by atoms with Crippen molar-refractivity contribution in [3.63, 3.8) is 0 Å². The molecule has 3 heterocycles. The number of hydrogen-bond donors (Lipinski definition) is 2. The van der Waals surface area contributed by atoms with Crippen molar-refractivity contribution in [3.8, 4) is 5.88 Å². The van der Waals surface area contributed by atoms with Gasteiger partial charge in [0.15, 0.2) is 6.04 Å². The molecule has 0 bridgehead atoms. The quantitative estimate of drug-likeness (QED) is 0.544. The van der Waals surface area contributed by atoms with Gasteiger partial charge in [-0.05, 0) is 24.6 Å². The van der Waals surface area contributed by atoms with Gasteiger partial charge in [0.05, 0.1) is 6.54 Å². The van der Waals surface area contributed by atoms with Crippen molar-refractivity contribution in [1.29, 1.82) is 0 Å². The molecular weight excluding hydrogens is 392 g/mol. The summed E-state index contributed by atoms with van der Waals surface area (Å²) in [6, 6.07) is 16.6. The van der Waals surface area contributed by atoms with Crippen LogP contribution >= 0.6 is 22.9 Å². The zero-order chi connectivity index (χ0) is 19.3. The van der Waals surface area contributed by atoms with Crippen molar-refractivity contribution >= 4 is 27.9 Å². The van der Waals surface area contributed by atoms with Crippen LogP contribution in [0.4, 0.5) is 0 Å². The van der Waals surface area contributed by atoms with E-state index in [9.17, 15) is 5.11 Å². The normalized spacial score (nSPS) is 17.6. The number of rotatable bonds is 3. The van der Waals surface area contributed by atoms with Gasteiger partial charge in [0.1, 0.15) is 17.2 Å². The number of aryl methyl sites for hydroxylation is 1. The molecule has 0 spiro atoms. The Balaban J connectivity index is 1.62. The highest BCUT2D eigenvalue weighted by atomic mass is 35.5. The Morgan fingerprint density at radius 1 is 1.14 bits per heavy atom. The molecule has 0 fully saturated rings. The van der Waals surface area contributed by atoms with Crippen LogP contribution in [0.3, 0.4) is 0 Å². The molecule has 2 aromatic carbocycles. The SMILES string of the molecule is Cc1nc2sc([C@@H](c3ccc(Cl)cc3)[NH+]3CCc4ccccc4C3)c(O)n2n1. The number of benzene rings is 2. The fourth-order valence-corrected chi connectivity index (χ4v) is 5.42. The maximum atomic E-state index is 10.9. The van der Waals surface area contributed by atoms with E-state index >= 15 is 0 Å². The van der Waals surface area contributed by atoms with Crippen LogP contribution in [-0.4, -0.2) is 26.2 Å². The van der Waals surface area contributed by atoms with Crippen LogP contribution in [0.15, 0.2) is 48.5 Å². The second-order valence-electron chi connectivity index (χ2n) is 7.23. The van der Waals surface area contributed by atoms with Crippen LogP contribution < -0.4 is 4.90 Å². The number of fused-ring (bicyclic) bond motifs is 2. The van der Waals surface area contributed by atoms with Gasteiger partial charge in [-0.3, -0.25) is 0 Å². The molecule has 142 valence electrons. The van der Waals surface area contributed by atoms with Gasteiger partial charge in [-0.15, -0.1) is 5.10 Å². The van der Waals surface area contributed by atoms with E-state index < -0.39 is 0 Å². The second kappa shape index (κ2) is 6.88. The highest BCUT2D eigenvalue weighted by Gasteiger charge is 2.34. The fourth-order valence-electron chi connectivity index (χ4n) is 4.11. The van der Waals surface area contributed by atoms with E-state index in [0.29, 0.717) is 10.8 Å². The van der Waals surface area contributed by atoms with E-state index in [1.54, 1.807) is 4.52 Å². The molecule has 2 atom stereocenters. The van der Waals surface area contributed by atoms with Crippen LogP contribution in [0.1, 0.15) is 33.4 Å². The summed E-state index contributed by atoms with van der Waals surface area (Å²) in [5, 5.41) is 16.0. The number of aromatic hydroxyl groups is 1. The van der Waals surface area contributed by atoms with Gasteiger partial charge in [-0.2, -0.15) is 4.52 Å². The molecule has 1 aliphatic heterocycles. The topological polar surface area (TPSA) is 54.9 Å². The van der Waals surface area contributed by atoms with Crippen LogP contribution in [0.2, 0.25) is 5.02 Å². The lowest BCUT2D eigenvalue weighted by Gasteiger charge is -2.32. The molecule has 2 aromatic heterocycles. The molecule has 7 heteroatoms. The largest absolute Gasteiger partial charge is 0.492 e. The molecule has 0 saturated heterocycles. The summed E-state index contributed by atoms with van der Waals surface area (Å²) in [4.78, 5) is 7.46. The first-order valence-electron chi connectivity index (χ1n) is 9.32. The van der Waals surface area contributed by atoms with Crippen LogP contribution in [0.25, 0.3) is 4.96 Å². The molecule has 4 aromatic rings. The first-order chi connectivity index (χ1) is 13.6. The third-order valence-electron chi connectivity index (χ3n) is 5.43. The number of thiazole rings is 1. The molecule has 0 amide bonds. The Morgan fingerprint density at radius 3 is 2.64 bits per heavy atom. The predicted molar refractivity (Wildman–Crippen MR) is 110 cm³/mol.